The van der Waals surface area contributed by atoms with Crippen molar-refractivity contribution >= 4 is 51.6 Å². The van der Waals surface area contributed by atoms with Gasteiger partial charge in [0.1, 0.15) is 17.2 Å². The Bertz CT molecular complexity index is 2230. The predicted octanol–water partition coefficient (Wildman–Crippen LogP) is 12.8. The van der Waals surface area contributed by atoms with Gasteiger partial charge >= 0.3 is 0 Å². The zero-order chi connectivity index (χ0) is 38.0. The predicted molar refractivity (Wildman–Crippen MR) is 224 cm³/mol. The Hall–Kier alpha value is -7.32. The van der Waals surface area contributed by atoms with E-state index < -0.39 is 0 Å². The smallest absolute Gasteiger partial charge is 0.160 e. The van der Waals surface area contributed by atoms with Crippen molar-refractivity contribution in [2.45, 2.75) is 0 Å². The molecular formula is C47H41N5O3. The Labute approximate surface area is 322 Å². The van der Waals surface area contributed by atoms with Gasteiger partial charge in [-0.25, -0.2) is 5.53 Å². The summed E-state index contributed by atoms with van der Waals surface area (Å²) >= 11 is 0. The molecule has 0 bridgehead atoms. The molecule has 0 aromatic heterocycles. The summed E-state index contributed by atoms with van der Waals surface area (Å²) in [6.07, 6.45) is 1.93. The summed E-state index contributed by atoms with van der Waals surface area (Å²) in [5, 5.41) is 3.99. The van der Waals surface area contributed by atoms with Crippen LogP contribution in [0, 0.1) is 5.53 Å². The molecule has 0 radical (unpaired) electrons. The lowest BCUT2D eigenvalue weighted by atomic mass is 10.1. The van der Waals surface area contributed by atoms with Crippen LogP contribution in [0.15, 0.2) is 193 Å². The number of nitrogens with zero attached hydrogens (tertiary/aromatic N) is 4. The highest BCUT2D eigenvalue weighted by Gasteiger charge is 2.18. The molecule has 0 aliphatic heterocycles. The SMILES string of the molecule is COc1ccc(N(c2ccc(C=C(N=N)N(c3ccccc3)c3ccccc3)cc2)c2ccc(N(c3ccc(OC)cc3)c3ccc(OC)cc3)cc2)cc1. The second kappa shape index (κ2) is 17.0. The number of rotatable bonds is 14. The van der Waals surface area contributed by atoms with Crippen LogP contribution in [0.1, 0.15) is 5.56 Å². The normalized spacial score (nSPS) is 11.0. The van der Waals surface area contributed by atoms with Gasteiger partial charge in [0.2, 0.25) is 0 Å². The highest BCUT2D eigenvalue weighted by atomic mass is 16.5. The van der Waals surface area contributed by atoms with Crippen molar-refractivity contribution in [2.24, 2.45) is 5.11 Å². The van der Waals surface area contributed by atoms with Crippen LogP contribution in [0.3, 0.4) is 0 Å². The first-order chi connectivity index (χ1) is 27.1. The summed E-state index contributed by atoms with van der Waals surface area (Å²) in [6, 6.07) is 60.8. The Kier molecular flexibility index (Phi) is 11.1. The molecule has 0 fully saturated rings. The molecule has 0 atom stereocenters. The Morgan fingerprint density at radius 3 is 0.982 bits per heavy atom. The molecule has 7 rings (SSSR count). The van der Waals surface area contributed by atoms with E-state index in [9.17, 15) is 0 Å². The molecule has 0 saturated carbocycles. The Morgan fingerprint density at radius 2 is 0.691 bits per heavy atom. The van der Waals surface area contributed by atoms with Crippen LogP contribution in [0.4, 0.5) is 45.5 Å². The molecule has 0 amide bonds. The standard InChI is InChI=1S/C47H41N5O3/c1-53-44-28-22-41(23-29-44)50(38-16-14-35(15-17-38)34-47(49-48)52(36-10-6-4-7-11-36)37-12-8-5-9-13-37)39-18-20-40(21-19-39)51(42-24-30-45(54-2)31-25-42)43-26-32-46(55-3)33-27-43/h4-34,48H,1-3H3. The minimum Gasteiger partial charge on any atom is -0.497 e. The second-order valence-electron chi connectivity index (χ2n) is 12.5. The fourth-order valence-electron chi connectivity index (χ4n) is 6.42. The van der Waals surface area contributed by atoms with Gasteiger partial charge in [0.25, 0.3) is 0 Å². The van der Waals surface area contributed by atoms with Gasteiger partial charge < -0.3 is 24.0 Å². The van der Waals surface area contributed by atoms with Crippen molar-refractivity contribution in [2.75, 3.05) is 36.0 Å². The third-order valence-corrected chi connectivity index (χ3v) is 9.18. The highest BCUT2D eigenvalue weighted by Crippen LogP contribution is 2.40. The fraction of sp³-hybridized carbons (Fsp3) is 0.0638. The summed E-state index contributed by atoms with van der Waals surface area (Å²) in [6.45, 7) is 0. The highest BCUT2D eigenvalue weighted by molar-refractivity contribution is 5.82. The number of anilines is 8. The van der Waals surface area contributed by atoms with Crippen LogP contribution in [-0.4, -0.2) is 21.3 Å². The van der Waals surface area contributed by atoms with Gasteiger partial charge in [0.05, 0.1) is 21.3 Å². The van der Waals surface area contributed by atoms with E-state index in [0.717, 1.165) is 68.3 Å². The summed E-state index contributed by atoms with van der Waals surface area (Å²) in [4.78, 5) is 6.38. The van der Waals surface area contributed by atoms with E-state index in [2.05, 4.69) is 99.8 Å². The maximum Gasteiger partial charge on any atom is 0.160 e. The fourth-order valence-corrected chi connectivity index (χ4v) is 6.42. The number of para-hydroxylation sites is 2. The Morgan fingerprint density at radius 1 is 0.400 bits per heavy atom. The van der Waals surface area contributed by atoms with Crippen molar-refractivity contribution in [3.05, 3.63) is 193 Å². The summed E-state index contributed by atoms with van der Waals surface area (Å²) < 4.78 is 16.4. The zero-order valence-electron chi connectivity index (χ0n) is 30.9. The van der Waals surface area contributed by atoms with Gasteiger partial charge in [-0.1, -0.05) is 48.5 Å². The van der Waals surface area contributed by atoms with Gasteiger partial charge in [0.15, 0.2) is 5.82 Å². The van der Waals surface area contributed by atoms with Crippen LogP contribution in [0.25, 0.3) is 6.08 Å². The number of nitrogens with one attached hydrogen (secondary N) is 1. The van der Waals surface area contributed by atoms with E-state index in [1.54, 1.807) is 21.3 Å². The minimum absolute atomic E-state index is 0.492. The maximum absolute atomic E-state index is 8.18. The number of hydrogen-bond donors (Lipinski definition) is 1. The maximum atomic E-state index is 8.18. The summed E-state index contributed by atoms with van der Waals surface area (Å²) in [5.74, 6) is 2.86. The third kappa shape index (κ3) is 8.19. The molecule has 0 aliphatic carbocycles. The van der Waals surface area contributed by atoms with E-state index in [4.69, 9.17) is 19.7 Å². The van der Waals surface area contributed by atoms with Gasteiger partial charge in [0, 0.05) is 45.5 Å². The zero-order valence-corrected chi connectivity index (χ0v) is 30.9. The topological polar surface area (TPSA) is 73.6 Å². The second-order valence-corrected chi connectivity index (χ2v) is 12.5. The number of methoxy groups -OCH3 is 3. The van der Waals surface area contributed by atoms with Crippen LogP contribution >= 0.6 is 0 Å². The molecule has 0 saturated heterocycles. The quantitative estimate of drug-likeness (QED) is 0.113. The molecule has 7 aromatic rings. The molecule has 0 unspecified atom stereocenters. The molecule has 8 heteroatoms. The van der Waals surface area contributed by atoms with Gasteiger partial charge in [-0.3, -0.25) is 4.90 Å². The van der Waals surface area contributed by atoms with Crippen LogP contribution in [0.5, 0.6) is 17.2 Å². The van der Waals surface area contributed by atoms with E-state index in [0.29, 0.717) is 5.82 Å². The first-order valence-corrected chi connectivity index (χ1v) is 17.8. The van der Waals surface area contributed by atoms with E-state index >= 15 is 0 Å². The van der Waals surface area contributed by atoms with Gasteiger partial charge in [-0.15, -0.1) is 5.11 Å². The lowest BCUT2D eigenvalue weighted by Gasteiger charge is -2.28. The molecule has 1 N–H and O–H groups in total. The summed E-state index contributed by atoms with van der Waals surface area (Å²) in [7, 11) is 5.01. The van der Waals surface area contributed by atoms with Crippen LogP contribution in [0.2, 0.25) is 0 Å². The first-order valence-electron chi connectivity index (χ1n) is 17.8. The molecule has 55 heavy (non-hydrogen) atoms. The third-order valence-electron chi connectivity index (χ3n) is 9.18. The van der Waals surface area contributed by atoms with Gasteiger partial charge in [-0.05, 0) is 145 Å². The van der Waals surface area contributed by atoms with E-state index in [-0.39, 0.29) is 0 Å². The lowest BCUT2D eigenvalue weighted by molar-refractivity contribution is 0.414. The molecule has 0 heterocycles. The van der Waals surface area contributed by atoms with E-state index in [1.807, 2.05) is 108 Å². The molecule has 0 aliphatic rings. The van der Waals surface area contributed by atoms with E-state index in [1.165, 1.54) is 0 Å². The number of benzene rings is 7. The Balaban J connectivity index is 1.25. The summed E-state index contributed by atoms with van der Waals surface area (Å²) in [5.41, 5.74) is 16.8. The molecule has 0 spiro atoms. The largest absolute Gasteiger partial charge is 0.497 e. The van der Waals surface area contributed by atoms with Crippen molar-refractivity contribution < 1.29 is 14.2 Å². The van der Waals surface area contributed by atoms with Crippen molar-refractivity contribution in [3.8, 4) is 17.2 Å². The van der Waals surface area contributed by atoms with Crippen molar-refractivity contribution in [3.63, 3.8) is 0 Å². The van der Waals surface area contributed by atoms with Crippen LogP contribution < -0.4 is 28.9 Å². The lowest BCUT2D eigenvalue weighted by Crippen LogP contribution is -2.14. The average Bonchev–Trinajstić information content (AvgIpc) is 3.26. The van der Waals surface area contributed by atoms with Crippen molar-refractivity contribution in [1.29, 1.82) is 5.53 Å². The minimum atomic E-state index is 0.492. The molecule has 7 aromatic carbocycles. The van der Waals surface area contributed by atoms with Crippen molar-refractivity contribution in [1.82, 2.24) is 0 Å². The molecular weight excluding hydrogens is 683 g/mol. The number of hydrogen-bond acceptors (Lipinski definition) is 8. The molecule has 8 nitrogen and oxygen atoms in total. The first kappa shape index (κ1) is 36.1. The van der Waals surface area contributed by atoms with Crippen LogP contribution in [-0.2, 0) is 0 Å². The average molecular weight is 724 g/mol. The molecule has 272 valence electrons. The monoisotopic (exact) mass is 723 g/mol. The number of ether oxygens (including phenoxy) is 3. The van der Waals surface area contributed by atoms with Gasteiger partial charge in [-0.2, -0.15) is 0 Å².